The molecule has 0 saturated carbocycles. The molecule has 0 aliphatic carbocycles. The van der Waals surface area contributed by atoms with E-state index in [4.69, 9.17) is 14.3 Å². The molecule has 26 heavy (non-hydrogen) atoms. The number of carbonyl (C=O) groups excluding carboxylic acids is 1. The summed E-state index contributed by atoms with van der Waals surface area (Å²) in [6.45, 7) is 5.99. The van der Waals surface area contributed by atoms with Gasteiger partial charge in [-0.1, -0.05) is 6.07 Å². The quantitative estimate of drug-likeness (QED) is 0.748. The van der Waals surface area contributed by atoms with Crippen molar-refractivity contribution in [1.29, 1.82) is 0 Å². The Bertz CT molecular complexity index is 785. The summed E-state index contributed by atoms with van der Waals surface area (Å²) in [5.41, 5.74) is 0.359. The molecule has 1 aliphatic rings. The maximum atomic E-state index is 14.0. The second-order valence-electron chi connectivity index (χ2n) is 6.92. The van der Waals surface area contributed by atoms with E-state index < -0.39 is 11.6 Å². The van der Waals surface area contributed by atoms with Gasteiger partial charge in [-0.3, -0.25) is 4.79 Å². The predicted molar refractivity (Wildman–Crippen MR) is 97.9 cm³/mol. The lowest BCUT2D eigenvalue weighted by atomic mass is 9.92. The minimum Gasteiger partial charge on any atom is -0.461 e. The molecule has 0 spiro atoms. The van der Waals surface area contributed by atoms with Gasteiger partial charge < -0.3 is 24.9 Å². The topological polar surface area (TPSA) is 83.7 Å². The summed E-state index contributed by atoms with van der Waals surface area (Å²) in [7, 11) is 0. The Kier molecular flexibility index (Phi) is 6.29. The van der Waals surface area contributed by atoms with E-state index in [-0.39, 0.29) is 43.4 Å². The van der Waals surface area contributed by atoms with Crippen molar-refractivity contribution in [3.05, 3.63) is 35.3 Å². The van der Waals surface area contributed by atoms with Gasteiger partial charge in [0.25, 0.3) is 5.91 Å². The van der Waals surface area contributed by atoms with E-state index in [9.17, 15) is 9.18 Å². The Balaban J connectivity index is 0.00000243. The van der Waals surface area contributed by atoms with Crippen LogP contribution >= 0.6 is 12.4 Å². The minimum atomic E-state index is -0.773. The number of hydrogen-bond acceptors (Lipinski definition) is 5. The number of nitrogens with one attached hydrogen (secondary N) is 2. The van der Waals surface area contributed by atoms with E-state index in [0.29, 0.717) is 28.8 Å². The van der Waals surface area contributed by atoms with Crippen LogP contribution in [0.25, 0.3) is 11.0 Å². The van der Waals surface area contributed by atoms with Crippen LogP contribution in [0.15, 0.2) is 22.6 Å². The molecule has 2 heterocycles. The maximum Gasteiger partial charge on any atom is 0.251 e. The van der Waals surface area contributed by atoms with Gasteiger partial charge >= 0.3 is 0 Å². The highest BCUT2D eigenvalue weighted by molar-refractivity contribution is 5.86. The fourth-order valence-electron chi connectivity index (χ4n) is 3.07. The first-order valence-corrected chi connectivity index (χ1v) is 8.29. The number of benzene rings is 1. The summed E-state index contributed by atoms with van der Waals surface area (Å²) in [5.74, 6) is -0.0134. The van der Waals surface area contributed by atoms with Crippen LogP contribution in [0.2, 0.25) is 0 Å². The monoisotopic (exact) mass is 386 g/mol. The third-order valence-electron chi connectivity index (χ3n) is 4.47. The normalized spacial score (nSPS) is 20.7. The first kappa shape index (κ1) is 20.6. The largest absolute Gasteiger partial charge is 0.461 e. The van der Waals surface area contributed by atoms with Crippen LogP contribution in [0.1, 0.15) is 25.2 Å². The second-order valence-corrected chi connectivity index (χ2v) is 6.92. The maximum absolute atomic E-state index is 14.0. The summed E-state index contributed by atoms with van der Waals surface area (Å²) in [6, 6.07) is 4.50. The van der Waals surface area contributed by atoms with E-state index in [2.05, 4.69) is 10.6 Å². The van der Waals surface area contributed by atoms with E-state index in [1.54, 1.807) is 19.1 Å². The zero-order valence-corrected chi connectivity index (χ0v) is 15.8. The molecule has 0 radical (unpaired) electrons. The van der Waals surface area contributed by atoms with Crippen LogP contribution in [0.4, 0.5) is 4.39 Å². The number of fused-ring (bicyclic) bond motifs is 1. The molecule has 1 fully saturated rings. The van der Waals surface area contributed by atoms with E-state index in [1.807, 2.05) is 13.8 Å². The molecule has 3 rings (SSSR count). The number of ether oxygens (including phenoxy) is 1. The Labute approximate surface area is 157 Å². The minimum absolute atomic E-state index is 0. The Morgan fingerprint density at radius 1 is 1.46 bits per heavy atom. The van der Waals surface area contributed by atoms with Crippen LogP contribution in [0.5, 0.6) is 0 Å². The van der Waals surface area contributed by atoms with Gasteiger partial charge in [-0.05, 0) is 32.9 Å². The summed E-state index contributed by atoms with van der Waals surface area (Å²) in [4.78, 5) is 12.5. The van der Waals surface area contributed by atoms with Gasteiger partial charge in [0.2, 0.25) is 0 Å². The zero-order valence-electron chi connectivity index (χ0n) is 15.0. The van der Waals surface area contributed by atoms with Crippen molar-refractivity contribution in [3.8, 4) is 0 Å². The Hall–Kier alpha value is -1.67. The van der Waals surface area contributed by atoms with Crippen molar-refractivity contribution >= 4 is 29.3 Å². The number of amides is 1. The van der Waals surface area contributed by atoms with Gasteiger partial charge in [0.15, 0.2) is 0 Å². The molecule has 2 atom stereocenters. The van der Waals surface area contributed by atoms with Crippen molar-refractivity contribution in [2.45, 2.75) is 38.5 Å². The number of aryl methyl sites for hydroxylation is 1. The molecule has 0 bridgehead atoms. The molecule has 6 nitrogen and oxygen atoms in total. The van der Waals surface area contributed by atoms with E-state index in [1.165, 1.54) is 6.07 Å². The van der Waals surface area contributed by atoms with Crippen molar-refractivity contribution in [1.82, 2.24) is 10.6 Å². The zero-order chi connectivity index (χ0) is 18.2. The summed E-state index contributed by atoms with van der Waals surface area (Å²) in [6.07, 6.45) is -0.642. The van der Waals surface area contributed by atoms with Gasteiger partial charge in [-0.15, -0.1) is 12.4 Å². The number of carbonyl (C=O) groups is 1. The van der Waals surface area contributed by atoms with E-state index in [0.717, 1.165) is 0 Å². The highest BCUT2D eigenvalue weighted by atomic mass is 35.5. The summed E-state index contributed by atoms with van der Waals surface area (Å²) in [5, 5.41) is 15.5. The number of aliphatic hydroxyl groups is 1. The molecule has 1 amide bonds. The standard InChI is InChI=1S/C18H23FN2O4.ClH/c1-10-6-12-14(19)5-4-13(16(12)25-10)18(2,3)21-17(23)15-7-20-11(8-22)9-24-15;/h4-6,11,15,20,22H,7-9H2,1-3H3,(H,21,23);1H/t11-,15+;/m1./s1. The third kappa shape index (κ3) is 4.01. The average molecular weight is 387 g/mol. The first-order valence-electron chi connectivity index (χ1n) is 8.29. The average Bonchev–Trinajstić information content (AvgIpc) is 2.96. The smallest absolute Gasteiger partial charge is 0.251 e. The van der Waals surface area contributed by atoms with Crippen molar-refractivity contribution in [2.75, 3.05) is 19.8 Å². The second kappa shape index (κ2) is 7.92. The number of rotatable bonds is 4. The molecular weight excluding hydrogens is 363 g/mol. The van der Waals surface area contributed by atoms with Gasteiger partial charge in [0.05, 0.1) is 30.2 Å². The first-order chi connectivity index (χ1) is 11.8. The lowest BCUT2D eigenvalue weighted by molar-refractivity contribution is -0.137. The number of furan rings is 1. The van der Waals surface area contributed by atoms with Gasteiger partial charge in [-0.2, -0.15) is 0 Å². The molecule has 1 aromatic carbocycles. The molecule has 0 unspecified atom stereocenters. The molecule has 1 saturated heterocycles. The van der Waals surface area contributed by atoms with Crippen LogP contribution in [0, 0.1) is 12.7 Å². The van der Waals surface area contributed by atoms with Crippen molar-refractivity contribution < 1.29 is 23.4 Å². The fraction of sp³-hybridized carbons (Fsp3) is 0.500. The van der Waals surface area contributed by atoms with Crippen LogP contribution in [-0.4, -0.2) is 42.9 Å². The Morgan fingerprint density at radius 3 is 2.81 bits per heavy atom. The summed E-state index contributed by atoms with van der Waals surface area (Å²) < 4.78 is 25.2. The predicted octanol–water partition coefficient (Wildman–Crippen LogP) is 2.00. The lowest BCUT2D eigenvalue weighted by Crippen LogP contribution is -2.56. The van der Waals surface area contributed by atoms with Crippen LogP contribution in [0.3, 0.4) is 0 Å². The van der Waals surface area contributed by atoms with Gasteiger partial charge in [-0.25, -0.2) is 4.39 Å². The number of hydrogen-bond donors (Lipinski definition) is 3. The molecule has 2 aromatic rings. The van der Waals surface area contributed by atoms with E-state index >= 15 is 0 Å². The highest BCUT2D eigenvalue weighted by Gasteiger charge is 2.32. The molecule has 3 N–H and O–H groups in total. The number of halogens is 2. The van der Waals surface area contributed by atoms with Gasteiger partial charge in [0, 0.05) is 12.1 Å². The molecule has 8 heteroatoms. The molecule has 144 valence electrons. The van der Waals surface area contributed by atoms with Crippen LogP contribution in [-0.2, 0) is 15.1 Å². The SMILES string of the molecule is Cc1cc2c(F)ccc(C(C)(C)NC(=O)[C@@H]3CN[C@H](CO)CO3)c2o1.Cl. The van der Waals surface area contributed by atoms with Crippen molar-refractivity contribution in [3.63, 3.8) is 0 Å². The number of aliphatic hydroxyl groups excluding tert-OH is 1. The Morgan fingerprint density at radius 2 is 2.19 bits per heavy atom. The van der Waals surface area contributed by atoms with Gasteiger partial charge in [0.1, 0.15) is 23.3 Å². The molecule has 1 aromatic heterocycles. The molecule has 1 aliphatic heterocycles. The highest BCUT2D eigenvalue weighted by Crippen LogP contribution is 2.32. The van der Waals surface area contributed by atoms with Crippen molar-refractivity contribution in [2.24, 2.45) is 0 Å². The molecular formula is C18H24ClFN2O4. The number of morpholine rings is 1. The lowest BCUT2D eigenvalue weighted by Gasteiger charge is -2.32. The third-order valence-corrected chi connectivity index (χ3v) is 4.47. The fourth-order valence-corrected chi connectivity index (χ4v) is 3.07. The summed E-state index contributed by atoms with van der Waals surface area (Å²) >= 11 is 0. The van der Waals surface area contributed by atoms with Crippen LogP contribution < -0.4 is 10.6 Å².